The number of nitrogens with one attached hydrogen (secondary N) is 1. The lowest BCUT2D eigenvalue weighted by atomic mass is 10.1. The first-order valence-electron chi connectivity index (χ1n) is 4.52. The third-order valence-corrected chi connectivity index (χ3v) is 2.33. The van der Waals surface area contributed by atoms with Gasteiger partial charge < -0.3 is 14.6 Å². The van der Waals surface area contributed by atoms with E-state index in [1.54, 1.807) is 25.3 Å². The number of aromatic amines is 1. The maximum atomic E-state index is 11.6. The molecule has 2 rings (SSSR count). The predicted octanol–water partition coefficient (Wildman–Crippen LogP) is -0.0608. The molecule has 0 saturated carbocycles. The molecule has 1 aromatic heterocycles. The van der Waals surface area contributed by atoms with E-state index in [1.807, 2.05) is 0 Å². The van der Waals surface area contributed by atoms with Crippen LogP contribution in [0, 0.1) is 0 Å². The number of nitrogens with zero attached hydrogens (tertiary/aromatic N) is 2. The lowest BCUT2D eigenvalue weighted by molar-refractivity contribution is -0.143. The molecule has 0 aliphatic carbocycles. The Bertz CT molecular complexity index is 346. The molecule has 0 aromatic carbocycles. The van der Waals surface area contributed by atoms with Crippen LogP contribution in [0.3, 0.4) is 0 Å². The summed E-state index contributed by atoms with van der Waals surface area (Å²) >= 11 is 0. The molecule has 0 spiro atoms. The van der Waals surface area contributed by atoms with Gasteiger partial charge in [-0.2, -0.15) is 0 Å². The Balaban J connectivity index is 2.11. The van der Waals surface area contributed by atoms with E-state index >= 15 is 0 Å². The summed E-state index contributed by atoms with van der Waals surface area (Å²) in [4.78, 5) is 20.3. The second-order valence-electron chi connectivity index (χ2n) is 3.56. The Kier molecular flexibility index (Phi) is 2.25. The van der Waals surface area contributed by atoms with Crippen LogP contribution in [0.1, 0.15) is 11.4 Å². The largest absolute Gasteiger partial charge is 0.362 e. The number of fused-ring (bicyclic) bond motifs is 1. The van der Waals surface area contributed by atoms with Gasteiger partial charge in [-0.1, -0.05) is 0 Å². The first kappa shape index (κ1) is 9.21. The summed E-state index contributed by atoms with van der Waals surface area (Å²) < 4.78 is 5.42. The zero-order chi connectivity index (χ0) is 10.1. The van der Waals surface area contributed by atoms with E-state index < -0.39 is 0 Å². The predicted molar refractivity (Wildman–Crippen MR) is 49.6 cm³/mol. The van der Waals surface area contributed by atoms with Crippen molar-refractivity contribution in [2.45, 2.75) is 19.1 Å². The maximum Gasteiger partial charge on any atom is 0.251 e. The fourth-order valence-electron chi connectivity index (χ4n) is 1.52. The summed E-state index contributed by atoms with van der Waals surface area (Å²) in [5.74, 6) is -0.00125. The van der Waals surface area contributed by atoms with Gasteiger partial charge in [0.15, 0.2) is 0 Å². The van der Waals surface area contributed by atoms with Gasteiger partial charge in [0.25, 0.3) is 5.91 Å². The zero-order valence-corrected chi connectivity index (χ0v) is 8.28. The third kappa shape index (κ3) is 1.50. The number of hydrogen-bond acceptors (Lipinski definition) is 3. The molecule has 2 heterocycles. The summed E-state index contributed by atoms with van der Waals surface area (Å²) in [6.07, 6.45) is 1.83. The van der Waals surface area contributed by atoms with Crippen LogP contribution in [0.25, 0.3) is 0 Å². The van der Waals surface area contributed by atoms with Crippen molar-refractivity contribution >= 4 is 5.91 Å². The zero-order valence-electron chi connectivity index (χ0n) is 8.28. The average molecular weight is 195 g/mol. The van der Waals surface area contributed by atoms with Crippen LogP contribution in [0.2, 0.25) is 0 Å². The lowest BCUT2D eigenvalue weighted by Gasteiger charge is -2.23. The first-order chi connectivity index (χ1) is 6.68. The number of hydrogen-bond donors (Lipinski definition) is 1. The topological polar surface area (TPSA) is 58.2 Å². The highest BCUT2D eigenvalue weighted by Crippen LogP contribution is 2.17. The Labute approximate surface area is 82.1 Å². The fourth-order valence-corrected chi connectivity index (χ4v) is 1.52. The number of amides is 1. The minimum Gasteiger partial charge on any atom is -0.362 e. The minimum absolute atomic E-state index is 0.00125. The number of ether oxygens (including phenoxy) is 1. The molecule has 5 nitrogen and oxygen atoms in total. The monoisotopic (exact) mass is 195 g/mol. The van der Waals surface area contributed by atoms with Gasteiger partial charge in [0, 0.05) is 20.5 Å². The van der Waals surface area contributed by atoms with Crippen LogP contribution in [0.4, 0.5) is 0 Å². The van der Waals surface area contributed by atoms with E-state index in [1.165, 1.54) is 0 Å². The van der Waals surface area contributed by atoms with Crippen molar-refractivity contribution in [1.82, 2.24) is 14.9 Å². The van der Waals surface area contributed by atoms with E-state index in [9.17, 15) is 4.79 Å². The SMILES string of the molecule is CN(C)C(=O)C1Cc2nc[nH]c2CO1. The quantitative estimate of drug-likeness (QED) is 0.683. The van der Waals surface area contributed by atoms with Crippen molar-refractivity contribution in [2.75, 3.05) is 14.1 Å². The van der Waals surface area contributed by atoms with Crippen LogP contribution in [0.15, 0.2) is 6.33 Å². The molecule has 0 saturated heterocycles. The fraction of sp³-hybridized carbons (Fsp3) is 0.556. The summed E-state index contributed by atoms with van der Waals surface area (Å²) in [7, 11) is 3.46. The number of imidazole rings is 1. The lowest BCUT2D eigenvalue weighted by Crippen LogP contribution is -2.39. The molecular formula is C9H13N3O2. The molecule has 0 fully saturated rings. The number of H-pyrrole nitrogens is 1. The van der Waals surface area contributed by atoms with Gasteiger partial charge in [-0.25, -0.2) is 4.98 Å². The summed E-state index contributed by atoms with van der Waals surface area (Å²) in [6.45, 7) is 0.444. The molecule has 1 N–H and O–H groups in total. The number of carbonyl (C=O) groups is 1. The Morgan fingerprint density at radius 1 is 1.71 bits per heavy atom. The molecule has 1 amide bonds. The molecule has 76 valence electrons. The molecule has 5 heteroatoms. The minimum atomic E-state index is -0.374. The molecule has 0 radical (unpaired) electrons. The standard InChI is InChI=1S/C9H13N3O2/c1-12(2)9(13)8-3-6-7(4-14-8)11-5-10-6/h5,8H,3-4H2,1-2H3,(H,10,11). The van der Waals surface area contributed by atoms with Crippen LogP contribution in [-0.4, -0.2) is 41.0 Å². The Morgan fingerprint density at radius 2 is 2.50 bits per heavy atom. The smallest absolute Gasteiger partial charge is 0.251 e. The third-order valence-electron chi connectivity index (χ3n) is 2.33. The Hall–Kier alpha value is -1.36. The van der Waals surface area contributed by atoms with Gasteiger partial charge in [0.2, 0.25) is 0 Å². The van der Waals surface area contributed by atoms with Gasteiger partial charge in [0.1, 0.15) is 6.10 Å². The molecule has 1 unspecified atom stereocenters. The second-order valence-corrected chi connectivity index (χ2v) is 3.56. The second kappa shape index (κ2) is 3.42. The highest BCUT2D eigenvalue weighted by molar-refractivity contribution is 5.80. The van der Waals surface area contributed by atoms with E-state index in [2.05, 4.69) is 9.97 Å². The molecule has 14 heavy (non-hydrogen) atoms. The Morgan fingerprint density at radius 3 is 3.21 bits per heavy atom. The van der Waals surface area contributed by atoms with Gasteiger partial charge in [-0.15, -0.1) is 0 Å². The number of carbonyl (C=O) groups excluding carboxylic acids is 1. The number of aromatic nitrogens is 2. The van der Waals surface area contributed by atoms with Gasteiger partial charge in [0.05, 0.1) is 24.3 Å². The molecule has 1 aliphatic heterocycles. The number of likely N-dealkylation sites (N-methyl/N-ethyl adjacent to an activating group) is 1. The van der Waals surface area contributed by atoms with Crippen molar-refractivity contribution in [1.29, 1.82) is 0 Å². The van der Waals surface area contributed by atoms with Gasteiger partial charge in [-0.05, 0) is 0 Å². The highest BCUT2D eigenvalue weighted by Gasteiger charge is 2.27. The van der Waals surface area contributed by atoms with Crippen molar-refractivity contribution in [3.63, 3.8) is 0 Å². The van der Waals surface area contributed by atoms with E-state index in [0.717, 1.165) is 11.4 Å². The average Bonchev–Trinajstić information content (AvgIpc) is 2.62. The molecule has 1 atom stereocenters. The normalized spacial score (nSPS) is 20.3. The van der Waals surface area contributed by atoms with E-state index in [0.29, 0.717) is 13.0 Å². The van der Waals surface area contributed by atoms with E-state index in [4.69, 9.17) is 4.74 Å². The summed E-state index contributed by atoms with van der Waals surface area (Å²) in [5, 5.41) is 0. The first-order valence-corrected chi connectivity index (χ1v) is 4.52. The summed E-state index contributed by atoms with van der Waals surface area (Å²) in [5.41, 5.74) is 1.92. The van der Waals surface area contributed by atoms with E-state index in [-0.39, 0.29) is 12.0 Å². The van der Waals surface area contributed by atoms with Gasteiger partial charge in [-0.3, -0.25) is 4.79 Å². The van der Waals surface area contributed by atoms with Crippen molar-refractivity contribution < 1.29 is 9.53 Å². The number of rotatable bonds is 1. The maximum absolute atomic E-state index is 11.6. The van der Waals surface area contributed by atoms with Crippen LogP contribution < -0.4 is 0 Å². The van der Waals surface area contributed by atoms with Crippen LogP contribution >= 0.6 is 0 Å². The van der Waals surface area contributed by atoms with Crippen molar-refractivity contribution in [3.8, 4) is 0 Å². The molecular weight excluding hydrogens is 182 g/mol. The molecule has 1 aliphatic rings. The van der Waals surface area contributed by atoms with Gasteiger partial charge >= 0.3 is 0 Å². The highest BCUT2D eigenvalue weighted by atomic mass is 16.5. The molecule has 1 aromatic rings. The molecule has 0 bridgehead atoms. The summed E-state index contributed by atoms with van der Waals surface area (Å²) in [6, 6.07) is 0. The van der Waals surface area contributed by atoms with Crippen LogP contribution in [-0.2, 0) is 22.6 Å². The van der Waals surface area contributed by atoms with Crippen molar-refractivity contribution in [3.05, 3.63) is 17.7 Å². The van der Waals surface area contributed by atoms with Crippen molar-refractivity contribution in [2.24, 2.45) is 0 Å². The van der Waals surface area contributed by atoms with Crippen LogP contribution in [0.5, 0.6) is 0 Å².